The summed E-state index contributed by atoms with van der Waals surface area (Å²) in [6.07, 6.45) is 9.24. The van der Waals surface area contributed by atoms with Crippen LogP contribution in [-0.2, 0) is 5.54 Å². The van der Waals surface area contributed by atoms with Crippen LogP contribution in [0.4, 0.5) is 0 Å². The normalized spacial score (nSPS) is 23.7. The van der Waals surface area contributed by atoms with E-state index in [0.29, 0.717) is 10.0 Å². The van der Waals surface area contributed by atoms with Gasteiger partial charge in [-0.1, -0.05) is 48.5 Å². The monoisotopic (exact) mass is 297 g/mol. The van der Waals surface area contributed by atoms with Gasteiger partial charge in [0.1, 0.15) is 0 Å². The van der Waals surface area contributed by atoms with Gasteiger partial charge in [-0.15, -0.1) is 0 Å². The van der Waals surface area contributed by atoms with Gasteiger partial charge in [-0.3, -0.25) is 4.90 Å². The molecule has 0 N–H and O–H groups in total. The molecule has 1 heterocycles. The number of hydrogen-bond donors (Lipinski definition) is 0. The van der Waals surface area contributed by atoms with Crippen LogP contribution >= 0.6 is 23.2 Å². The van der Waals surface area contributed by atoms with Crippen molar-refractivity contribution in [3.8, 4) is 0 Å². The molecule has 1 aromatic carbocycles. The second-order valence-corrected chi connectivity index (χ2v) is 6.73. The van der Waals surface area contributed by atoms with Crippen molar-refractivity contribution in [3.63, 3.8) is 0 Å². The minimum atomic E-state index is 0.225. The molecule has 0 aromatic heterocycles. The van der Waals surface area contributed by atoms with Gasteiger partial charge in [0.05, 0.1) is 10.0 Å². The molecule has 3 heteroatoms. The molecule has 0 amide bonds. The minimum absolute atomic E-state index is 0.225. The number of rotatable bonds is 2. The van der Waals surface area contributed by atoms with Crippen LogP contribution in [0.1, 0.15) is 50.5 Å². The summed E-state index contributed by atoms with van der Waals surface area (Å²) in [7, 11) is 0. The standard InChI is InChI=1S/C16H21Cl2N/c17-14-7-6-13(12-15(14)18)16(8-2-1-3-9-16)19-10-4-5-11-19/h6-7,12H,1-5,8-11H2. The fourth-order valence-corrected chi connectivity index (χ4v) is 4.15. The fourth-order valence-electron chi connectivity index (χ4n) is 3.85. The summed E-state index contributed by atoms with van der Waals surface area (Å²) in [5.74, 6) is 0. The first kappa shape index (κ1) is 13.7. The smallest absolute Gasteiger partial charge is 0.0595 e. The summed E-state index contributed by atoms with van der Waals surface area (Å²) in [6, 6.07) is 6.26. The summed E-state index contributed by atoms with van der Waals surface area (Å²) >= 11 is 12.3. The van der Waals surface area contributed by atoms with E-state index >= 15 is 0 Å². The molecule has 0 atom stereocenters. The molecule has 1 aliphatic carbocycles. The van der Waals surface area contributed by atoms with Crippen LogP contribution in [0, 0.1) is 0 Å². The molecule has 1 aromatic rings. The zero-order valence-electron chi connectivity index (χ0n) is 11.3. The molecule has 19 heavy (non-hydrogen) atoms. The van der Waals surface area contributed by atoms with Crippen LogP contribution in [0.2, 0.25) is 10.0 Å². The number of nitrogens with zero attached hydrogens (tertiary/aromatic N) is 1. The highest BCUT2D eigenvalue weighted by Gasteiger charge is 2.40. The lowest BCUT2D eigenvalue weighted by Gasteiger charge is -2.45. The summed E-state index contributed by atoms with van der Waals surface area (Å²) < 4.78 is 0. The molecule has 1 saturated carbocycles. The first-order chi connectivity index (χ1) is 9.22. The van der Waals surface area contributed by atoms with Gasteiger partial charge in [0, 0.05) is 5.54 Å². The molecule has 1 saturated heterocycles. The Morgan fingerprint density at radius 3 is 2.16 bits per heavy atom. The van der Waals surface area contributed by atoms with E-state index in [0.717, 1.165) is 0 Å². The summed E-state index contributed by atoms with van der Waals surface area (Å²) in [4.78, 5) is 2.70. The number of hydrogen-bond acceptors (Lipinski definition) is 1. The molecule has 0 unspecified atom stereocenters. The predicted octanol–water partition coefficient (Wildman–Crippen LogP) is 5.25. The van der Waals surface area contributed by atoms with Crippen LogP contribution in [0.25, 0.3) is 0 Å². The number of likely N-dealkylation sites (tertiary alicyclic amines) is 1. The molecule has 104 valence electrons. The van der Waals surface area contributed by atoms with E-state index in [1.807, 2.05) is 6.07 Å². The molecule has 0 bridgehead atoms. The van der Waals surface area contributed by atoms with E-state index < -0.39 is 0 Å². The molecule has 2 aliphatic rings. The van der Waals surface area contributed by atoms with E-state index in [1.54, 1.807) is 0 Å². The van der Waals surface area contributed by atoms with Crippen molar-refractivity contribution in [1.29, 1.82) is 0 Å². The zero-order valence-corrected chi connectivity index (χ0v) is 12.8. The summed E-state index contributed by atoms with van der Waals surface area (Å²) in [5, 5.41) is 1.36. The van der Waals surface area contributed by atoms with Crippen molar-refractivity contribution >= 4 is 23.2 Å². The Balaban J connectivity index is 1.99. The Labute approximate surface area is 125 Å². The van der Waals surface area contributed by atoms with E-state index in [-0.39, 0.29) is 5.54 Å². The van der Waals surface area contributed by atoms with Crippen molar-refractivity contribution in [2.75, 3.05) is 13.1 Å². The van der Waals surface area contributed by atoms with Gasteiger partial charge >= 0.3 is 0 Å². The predicted molar refractivity (Wildman–Crippen MR) is 82.0 cm³/mol. The van der Waals surface area contributed by atoms with Crippen molar-refractivity contribution < 1.29 is 0 Å². The number of benzene rings is 1. The Kier molecular flexibility index (Phi) is 4.07. The van der Waals surface area contributed by atoms with Gasteiger partial charge in [-0.2, -0.15) is 0 Å². The lowest BCUT2D eigenvalue weighted by molar-refractivity contribution is 0.0706. The first-order valence-corrected chi connectivity index (χ1v) is 8.19. The quantitative estimate of drug-likeness (QED) is 0.721. The molecular weight excluding hydrogens is 277 g/mol. The van der Waals surface area contributed by atoms with Gasteiger partial charge < -0.3 is 0 Å². The summed E-state index contributed by atoms with van der Waals surface area (Å²) in [6.45, 7) is 2.47. The van der Waals surface area contributed by atoms with Crippen molar-refractivity contribution in [1.82, 2.24) is 4.90 Å². The molecular formula is C16H21Cl2N. The third-order valence-corrected chi connectivity index (χ3v) is 5.59. The van der Waals surface area contributed by atoms with Gasteiger partial charge in [-0.25, -0.2) is 0 Å². The SMILES string of the molecule is Clc1ccc(C2(N3CCCC3)CCCCC2)cc1Cl. The Morgan fingerprint density at radius 2 is 1.53 bits per heavy atom. The van der Waals surface area contributed by atoms with Gasteiger partial charge in [0.15, 0.2) is 0 Å². The van der Waals surface area contributed by atoms with Crippen molar-refractivity contribution in [3.05, 3.63) is 33.8 Å². The Bertz CT molecular complexity index is 446. The number of halogens is 2. The van der Waals surface area contributed by atoms with Gasteiger partial charge in [0.2, 0.25) is 0 Å². The second kappa shape index (κ2) is 5.63. The largest absolute Gasteiger partial charge is 0.294 e. The first-order valence-electron chi connectivity index (χ1n) is 7.43. The molecule has 2 fully saturated rings. The van der Waals surface area contributed by atoms with E-state index in [2.05, 4.69) is 17.0 Å². The summed E-state index contributed by atoms with van der Waals surface area (Å²) in [5.41, 5.74) is 1.60. The molecule has 3 rings (SSSR count). The fraction of sp³-hybridized carbons (Fsp3) is 0.625. The molecule has 1 aliphatic heterocycles. The maximum Gasteiger partial charge on any atom is 0.0595 e. The average Bonchev–Trinajstić information content (AvgIpc) is 2.97. The van der Waals surface area contributed by atoms with Crippen LogP contribution in [0.3, 0.4) is 0 Å². The maximum absolute atomic E-state index is 6.25. The van der Waals surface area contributed by atoms with E-state index in [4.69, 9.17) is 23.2 Å². The molecule has 0 radical (unpaired) electrons. The molecule has 1 nitrogen and oxygen atoms in total. The van der Waals surface area contributed by atoms with Crippen LogP contribution in [0.15, 0.2) is 18.2 Å². The van der Waals surface area contributed by atoms with Gasteiger partial charge in [0.25, 0.3) is 0 Å². The zero-order chi connectivity index (χ0) is 13.3. The lowest BCUT2D eigenvalue weighted by Crippen LogP contribution is -2.46. The minimum Gasteiger partial charge on any atom is -0.294 e. The van der Waals surface area contributed by atoms with E-state index in [1.165, 1.54) is 63.6 Å². The van der Waals surface area contributed by atoms with Gasteiger partial charge in [-0.05, 0) is 56.5 Å². The van der Waals surface area contributed by atoms with Crippen molar-refractivity contribution in [2.24, 2.45) is 0 Å². The average molecular weight is 298 g/mol. The maximum atomic E-state index is 6.25. The van der Waals surface area contributed by atoms with Crippen LogP contribution < -0.4 is 0 Å². The third kappa shape index (κ3) is 2.53. The third-order valence-electron chi connectivity index (χ3n) is 4.85. The Hall–Kier alpha value is -0.240. The highest BCUT2D eigenvalue weighted by Crippen LogP contribution is 2.45. The highest BCUT2D eigenvalue weighted by molar-refractivity contribution is 6.42. The highest BCUT2D eigenvalue weighted by atomic mass is 35.5. The Morgan fingerprint density at radius 1 is 0.842 bits per heavy atom. The lowest BCUT2D eigenvalue weighted by atomic mass is 9.75. The second-order valence-electron chi connectivity index (χ2n) is 5.92. The molecule has 0 spiro atoms. The van der Waals surface area contributed by atoms with E-state index in [9.17, 15) is 0 Å². The van der Waals surface area contributed by atoms with Crippen LogP contribution in [0.5, 0.6) is 0 Å². The topological polar surface area (TPSA) is 3.24 Å². The van der Waals surface area contributed by atoms with Crippen LogP contribution in [-0.4, -0.2) is 18.0 Å². The van der Waals surface area contributed by atoms with Crippen molar-refractivity contribution in [2.45, 2.75) is 50.5 Å².